The number of phenols is 1. The highest BCUT2D eigenvalue weighted by molar-refractivity contribution is 5.74. The molecule has 2 unspecified atom stereocenters. The molecular weight excluding hydrogens is 382 g/mol. The number of aromatic nitrogens is 2. The monoisotopic (exact) mass is 407 g/mol. The summed E-state index contributed by atoms with van der Waals surface area (Å²) in [6.07, 6.45) is 3.29. The van der Waals surface area contributed by atoms with Gasteiger partial charge in [-0.2, -0.15) is 5.26 Å². The highest BCUT2D eigenvalue weighted by atomic mass is 16.4. The normalized spacial score (nSPS) is 21.7. The van der Waals surface area contributed by atoms with Crippen LogP contribution in [0.1, 0.15) is 36.0 Å². The Morgan fingerprint density at radius 2 is 2.07 bits per heavy atom. The Bertz CT molecular complexity index is 1010. The van der Waals surface area contributed by atoms with Crippen molar-refractivity contribution in [3.05, 3.63) is 34.9 Å². The first-order valence-corrected chi connectivity index (χ1v) is 10.2. The fourth-order valence-corrected chi connectivity index (χ4v) is 4.73. The van der Waals surface area contributed by atoms with Gasteiger partial charge in [-0.3, -0.25) is 9.69 Å². The molecule has 2 aromatic rings. The second-order valence-corrected chi connectivity index (χ2v) is 8.20. The molecule has 2 aliphatic heterocycles. The van der Waals surface area contributed by atoms with E-state index < -0.39 is 12.0 Å². The molecule has 0 amide bonds. The van der Waals surface area contributed by atoms with Crippen LogP contribution in [0.5, 0.6) is 5.75 Å². The van der Waals surface area contributed by atoms with Gasteiger partial charge in [-0.25, -0.2) is 0 Å². The molecule has 156 valence electrons. The second kappa shape index (κ2) is 7.92. The number of nitrogens with zero attached hydrogens (tertiary/aromatic N) is 5. The van der Waals surface area contributed by atoms with Crippen LogP contribution in [-0.4, -0.2) is 63.5 Å². The number of anilines is 1. The fourth-order valence-electron chi connectivity index (χ4n) is 4.73. The molecule has 4 rings (SSSR count). The predicted octanol–water partition coefficient (Wildman–Crippen LogP) is 2.33. The number of nitriles is 1. The van der Waals surface area contributed by atoms with Crippen LogP contribution in [0.15, 0.2) is 18.2 Å². The molecule has 2 atom stereocenters. The highest BCUT2D eigenvalue weighted by Gasteiger charge is 2.35. The minimum absolute atomic E-state index is 0.0297. The number of benzene rings is 1. The molecule has 8 nitrogen and oxygen atoms in total. The van der Waals surface area contributed by atoms with Crippen molar-refractivity contribution in [3.63, 3.8) is 0 Å². The second-order valence-electron chi connectivity index (χ2n) is 8.20. The summed E-state index contributed by atoms with van der Waals surface area (Å²) >= 11 is 0. The average molecular weight is 407 g/mol. The largest absolute Gasteiger partial charge is 0.507 e. The van der Waals surface area contributed by atoms with Gasteiger partial charge in [-0.15, -0.1) is 10.2 Å². The van der Waals surface area contributed by atoms with Crippen LogP contribution in [0.3, 0.4) is 0 Å². The zero-order valence-electron chi connectivity index (χ0n) is 17.2. The number of phenolic OH excluding ortho intramolecular Hbond substituents is 1. The van der Waals surface area contributed by atoms with E-state index in [0.29, 0.717) is 29.8 Å². The van der Waals surface area contributed by atoms with Crippen molar-refractivity contribution in [2.24, 2.45) is 0 Å². The smallest absolute Gasteiger partial charge is 0.320 e. The first-order chi connectivity index (χ1) is 14.4. The van der Waals surface area contributed by atoms with Crippen LogP contribution in [0, 0.1) is 18.3 Å². The van der Waals surface area contributed by atoms with E-state index in [0.717, 1.165) is 42.8 Å². The number of carbonyl (C=O) groups is 1. The molecule has 8 heteroatoms. The third-order valence-corrected chi connectivity index (χ3v) is 6.20. The predicted molar refractivity (Wildman–Crippen MR) is 111 cm³/mol. The lowest BCUT2D eigenvalue weighted by Gasteiger charge is -2.43. The Balaban J connectivity index is 1.63. The number of aromatic hydroxyl groups is 1. The number of piperidine rings is 1. The van der Waals surface area contributed by atoms with Gasteiger partial charge in [0.15, 0.2) is 5.82 Å². The number of fused-ring (bicyclic) bond motifs is 1. The Morgan fingerprint density at radius 1 is 1.27 bits per heavy atom. The number of hydrogen-bond acceptors (Lipinski definition) is 7. The fraction of sp³-hybridized carbons (Fsp3) is 0.455. The van der Waals surface area contributed by atoms with E-state index in [4.69, 9.17) is 5.26 Å². The van der Waals surface area contributed by atoms with Crippen molar-refractivity contribution in [1.29, 1.82) is 5.26 Å². The van der Waals surface area contributed by atoms with E-state index in [-0.39, 0.29) is 11.8 Å². The van der Waals surface area contributed by atoms with Crippen molar-refractivity contribution >= 4 is 11.8 Å². The van der Waals surface area contributed by atoms with Gasteiger partial charge >= 0.3 is 5.97 Å². The van der Waals surface area contributed by atoms with Gasteiger partial charge in [0.2, 0.25) is 0 Å². The van der Waals surface area contributed by atoms with E-state index in [2.05, 4.69) is 15.1 Å². The third-order valence-electron chi connectivity index (χ3n) is 6.20. The summed E-state index contributed by atoms with van der Waals surface area (Å²) in [6, 6.07) is 6.99. The molecule has 0 aliphatic carbocycles. The Labute approximate surface area is 175 Å². The molecule has 1 aromatic heterocycles. The van der Waals surface area contributed by atoms with Crippen LogP contribution in [-0.2, 0) is 11.2 Å². The lowest BCUT2D eigenvalue weighted by Crippen LogP contribution is -2.54. The standard InChI is InChI=1S/C22H25N5O3/c1-13-8-14(11-23)9-19(28)20(13)17-10-15-4-3-7-27(21(15)25-24-17)16-5-6-18(22(29)30)26(2)12-16/h8-10,16,18,28H,3-7,12H2,1-2H3,(H,29,30). The van der Waals surface area contributed by atoms with Gasteiger partial charge < -0.3 is 15.1 Å². The lowest BCUT2D eigenvalue weighted by molar-refractivity contribution is -0.144. The maximum Gasteiger partial charge on any atom is 0.320 e. The molecule has 0 spiro atoms. The average Bonchev–Trinajstić information content (AvgIpc) is 2.72. The molecule has 2 N–H and O–H groups in total. The molecule has 1 aromatic carbocycles. The zero-order valence-corrected chi connectivity index (χ0v) is 17.2. The van der Waals surface area contributed by atoms with Crippen LogP contribution >= 0.6 is 0 Å². The van der Waals surface area contributed by atoms with Crippen LogP contribution in [0.4, 0.5) is 5.82 Å². The molecule has 0 radical (unpaired) electrons. The van der Waals surface area contributed by atoms with E-state index in [9.17, 15) is 15.0 Å². The Morgan fingerprint density at radius 3 is 2.73 bits per heavy atom. The maximum atomic E-state index is 11.4. The number of rotatable bonds is 3. The van der Waals surface area contributed by atoms with Gasteiger partial charge in [0.05, 0.1) is 17.3 Å². The van der Waals surface area contributed by atoms with Crippen molar-refractivity contribution in [1.82, 2.24) is 15.1 Å². The van der Waals surface area contributed by atoms with Crippen molar-refractivity contribution in [2.45, 2.75) is 44.7 Å². The minimum Gasteiger partial charge on any atom is -0.507 e. The van der Waals surface area contributed by atoms with Crippen molar-refractivity contribution in [2.75, 3.05) is 25.0 Å². The molecule has 30 heavy (non-hydrogen) atoms. The third kappa shape index (κ3) is 3.57. The minimum atomic E-state index is -0.767. The SMILES string of the molecule is Cc1cc(C#N)cc(O)c1-c1cc2c(nn1)N(C1CCC(C(=O)O)N(C)C1)CCC2. The van der Waals surface area contributed by atoms with Gasteiger partial charge in [0.25, 0.3) is 0 Å². The number of hydrogen-bond donors (Lipinski definition) is 2. The van der Waals surface area contributed by atoms with E-state index in [1.54, 1.807) is 6.07 Å². The number of carboxylic acid groups (broad SMARTS) is 1. The van der Waals surface area contributed by atoms with Gasteiger partial charge in [-0.1, -0.05) is 0 Å². The molecule has 0 saturated carbocycles. The van der Waals surface area contributed by atoms with E-state index >= 15 is 0 Å². The number of likely N-dealkylation sites (tertiary alicyclic amines) is 1. The summed E-state index contributed by atoms with van der Waals surface area (Å²) in [5, 5.41) is 37.8. The van der Waals surface area contributed by atoms with Crippen LogP contribution < -0.4 is 4.90 Å². The molecule has 1 fully saturated rings. The van der Waals surface area contributed by atoms with E-state index in [1.165, 1.54) is 6.07 Å². The zero-order chi connectivity index (χ0) is 21.4. The summed E-state index contributed by atoms with van der Waals surface area (Å²) < 4.78 is 0. The molecular formula is C22H25N5O3. The number of carboxylic acids is 1. The van der Waals surface area contributed by atoms with Gasteiger partial charge in [-0.05, 0) is 69.0 Å². The molecule has 3 heterocycles. The van der Waals surface area contributed by atoms with Gasteiger partial charge in [0.1, 0.15) is 11.8 Å². The number of aryl methyl sites for hydroxylation is 2. The summed E-state index contributed by atoms with van der Waals surface area (Å²) in [4.78, 5) is 15.6. The Kier molecular flexibility index (Phi) is 5.31. The quantitative estimate of drug-likeness (QED) is 0.797. The molecule has 1 saturated heterocycles. The summed E-state index contributed by atoms with van der Waals surface area (Å²) in [5.41, 5.74) is 3.47. The van der Waals surface area contributed by atoms with E-state index in [1.807, 2.05) is 31.0 Å². The molecule has 0 bridgehead atoms. The first-order valence-electron chi connectivity index (χ1n) is 10.2. The summed E-state index contributed by atoms with van der Waals surface area (Å²) in [7, 11) is 1.86. The molecule has 2 aliphatic rings. The number of likely N-dealkylation sites (N-methyl/N-ethyl adjacent to an activating group) is 1. The number of aliphatic carboxylic acids is 1. The van der Waals surface area contributed by atoms with Crippen molar-refractivity contribution in [3.8, 4) is 23.1 Å². The maximum absolute atomic E-state index is 11.4. The topological polar surface area (TPSA) is 114 Å². The Hall–Kier alpha value is -3.18. The van der Waals surface area contributed by atoms with Gasteiger partial charge in [0, 0.05) is 24.7 Å². The van der Waals surface area contributed by atoms with Crippen LogP contribution in [0.2, 0.25) is 0 Å². The summed E-state index contributed by atoms with van der Waals surface area (Å²) in [6.45, 7) is 3.40. The summed E-state index contributed by atoms with van der Waals surface area (Å²) in [5.74, 6) is 0.113. The first kappa shape index (κ1) is 20.1. The highest BCUT2D eigenvalue weighted by Crippen LogP contribution is 2.36. The van der Waals surface area contributed by atoms with Crippen LogP contribution in [0.25, 0.3) is 11.3 Å². The lowest BCUT2D eigenvalue weighted by atomic mass is 9.94. The van der Waals surface area contributed by atoms with Crippen molar-refractivity contribution < 1.29 is 15.0 Å².